The van der Waals surface area contributed by atoms with Crippen molar-refractivity contribution in [1.82, 2.24) is 25.8 Å². The van der Waals surface area contributed by atoms with E-state index in [0.29, 0.717) is 6.54 Å². The molecule has 0 radical (unpaired) electrons. The Balaban J connectivity index is 0.00000240. The quantitative estimate of drug-likeness (QED) is 0.273. The Morgan fingerprint density at radius 3 is 2.93 bits per heavy atom. The Hall–Kier alpha value is -2.62. The summed E-state index contributed by atoms with van der Waals surface area (Å²) in [5, 5.41) is 13.5. The second kappa shape index (κ2) is 10.2. The molecule has 29 heavy (non-hydrogen) atoms. The number of nitrogens with one attached hydrogen (secondary N) is 3. The van der Waals surface area contributed by atoms with Gasteiger partial charge in [0.05, 0.1) is 6.61 Å². The van der Waals surface area contributed by atoms with E-state index in [-0.39, 0.29) is 24.0 Å². The summed E-state index contributed by atoms with van der Waals surface area (Å²) >= 11 is 0. The number of rotatable bonds is 6. The van der Waals surface area contributed by atoms with Crippen molar-refractivity contribution in [3.05, 3.63) is 65.5 Å². The maximum Gasteiger partial charge on any atom is 0.191 e. The Kier molecular flexibility index (Phi) is 7.45. The Labute approximate surface area is 187 Å². The number of hydrogen-bond donors (Lipinski definition) is 3. The number of guanidine groups is 1. The SMILES string of the molecule is CN=C(NCCc1ccc2c(c1)CCO2)NCc1cccc(-c2ncn[nH]2)c1.I. The van der Waals surface area contributed by atoms with Crippen LogP contribution in [0, 0.1) is 0 Å². The lowest BCUT2D eigenvalue weighted by atomic mass is 10.1. The molecule has 2 aromatic carbocycles. The van der Waals surface area contributed by atoms with Gasteiger partial charge in [-0.3, -0.25) is 10.1 Å². The van der Waals surface area contributed by atoms with Crippen molar-refractivity contribution in [1.29, 1.82) is 0 Å². The van der Waals surface area contributed by atoms with Gasteiger partial charge in [0.25, 0.3) is 0 Å². The first kappa shape index (κ1) is 21.1. The van der Waals surface area contributed by atoms with Gasteiger partial charge in [0.2, 0.25) is 0 Å². The summed E-state index contributed by atoms with van der Waals surface area (Å²) in [5.74, 6) is 2.58. The number of aromatic amines is 1. The van der Waals surface area contributed by atoms with E-state index in [1.54, 1.807) is 7.05 Å². The highest BCUT2D eigenvalue weighted by Crippen LogP contribution is 2.25. The second-order valence-electron chi connectivity index (χ2n) is 6.68. The van der Waals surface area contributed by atoms with Crippen molar-refractivity contribution >= 4 is 29.9 Å². The molecule has 0 aliphatic carbocycles. The summed E-state index contributed by atoms with van der Waals surface area (Å²) in [6, 6.07) is 14.7. The van der Waals surface area contributed by atoms with Gasteiger partial charge in [-0.25, -0.2) is 4.98 Å². The molecule has 7 nitrogen and oxygen atoms in total. The highest BCUT2D eigenvalue weighted by Gasteiger charge is 2.11. The highest BCUT2D eigenvalue weighted by atomic mass is 127. The average Bonchev–Trinajstić information content (AvgIpc) is 3.42. The monoisotopic (exact) mass is 504 g/mol. The molecule has 1 aliphatic rings. The van der Waals surface area contributed by atoms with Gasteiger partial charge in [0.1, 0.15) is 12.1 Å². The van der Waals surface area contributed by atoms with Crippen LogP contribution in [0.15, 0.2) is 53.8 Å². The van der Waals surface area contributed by atoms with Gasteiger partial charge < -0.3 is 15.4 Å². The van der Waals surface area contributed by atoms with E-state index < -0.39 is 0 Å². The van der Waals surface area contributed by atoms with E-state index >= 15 is 0 Å². The van der Waals surface area contributed by atoms with Crippen LogP contribution in [0.5, 0.6) is 5.75 Å². The Morgan fingerprint density at radius 2 is 2.10 bits per heavy atom. The number of benzene rings is 2. The third kappa shape index (κ3) is 5.47. The maximum atomic E-state index is 5.57. The van der Waals surface area contributed by atoms with Gasteiger partial charge in [0, 0.05) is 32.1 Å². The maximum absolute atomic E-state index is 5.57. The molecule has 0 atom stereocenters. The second-order valence-corrected chi connectivity index (χ2v) is 6.68. The van der Waals surface area contributed by atoms with E-state index in [2.05, 4.69) is 61.1 Å². The summed E-state index contributed by atoms with van der Waals surface area (Å²) in [7, 11) is 1.78. The van der Waals surface area contributed by atoms with E-state index in [1.807, 2.05) is 12.1 Å². The van der Waals surface area contributed by atoms with Crippen molar-refractivity contribution in [2.24, 2.45) is 4.99 Å². The number of halogens is 1. The van der Waals surface area contributed by atoms with Crippen LogP contribution < -0.4 is 15.4 Å². The van der Waals surface area contributed by atoms with Crippen LogP contribution in [-0.2, 0) is 19.4 Å². The number of aliphatic imine (C=N–C) groups is 1. The molecular weight excluding hydrogens is 479 g/mol. The van der Waals surface area contributed by atoms with Crippen LogP contribution in [0.25, 0.3) is 11.4 Å². The van der Waals surface area contributed by atoms with Crippen LogP contribution >= 0.6 is 24.0 Å². The third-order valence-electron chi connectivity index (χ3n) is 4.76. The number of H-pyrrole nitrogens is 1. The summed E-state index contributed by atoms with van der Waals surface area (Å²) in [6.07, 6.45) is 3.46. The first-order valence-electron chi connectivity index (χ1n) is 9.45. The first-order chi connectivity index (χ1) is 13.8. The van der Waals surface area contributed by atoms with Gasteiger partial charge in [-0.05, 0) is 35.2 Å². The normalized spacial score (nSPS) is 12.7. The molecular formula is C21H25IN6O. The first-order valence-corrected chi connectivity index (χ1v) is 9.45. The number of hydrogen-bond acceptors (Lipinski definition) is 4. The molecule has 1 aromatic heterocycles. The lowest BCUT2D eigenvalue weighted by molar-refractivity contribution is 0.357. The van der Waals surface area contributed by atoms with E-state index in [4.69, 9.17) is 4.74 Å². The van der Waals surface area contributed by atoms with Crippen molar-refractivity contribution < 1.29 is 4.74 Å². The summed E-state index contributed by atoms with van der Waals surface area (Å²) in [6.45, 7) is 2.29. The molecule has 1 aliphatic heterocycles. The molecule has 0 unspecified atom stereocenters. The topological polar surface area (TPSA) is 87.2 Å². The van der Waals surface area contributed by atoms with Crippen molar-refractivity contribution in [3.63, 3.8) is 0 Å². The molecule has 0 bridgehead atoms. The van der Waals surface area contributed by atoms with E-state index in [9.17, 15) is 0 Å². The zero-order valence-corrected chi connectivity index (χ0v) is 18.6. The van der Waals surface area contributed by atoms with Gasteiger partial charge in [-0.15, -0.1) is 24.0 Å². The fraction of sp³-hybridized carbons (Fsp3) is 0.286. The van der Waals surface area contributed by atoms with E-state index in [0.717, 1.165) is 54.7 Å². The molecule has 0 saturated heterocycles. The number of fused-ring (bicyclic) bond motifs is 1. The van der Waals surface area contributed by atoms with Gasteiger partial charge >= 0.3 is 0 Å². The minimum absolute atomic E-state index is 0. The van der Waals surface area contributed by atoms with E-state index in [1.165, 1.54) is 17.5 Å². The summed E-state index contributed by atoms with van der Waals surface area (Å²) in [4.78, 5) is 8.51. The minimum Gasteiger partial charge on any atom is -0.493 e. The van der Waals surface area contributed by atoms with Crippen molar-refractivity contribution in [2.45, 2.75) is 19.4 Å². The third-order valence-corrected chi connectivity index (χ3v) is 4.76. The predicted octanol–water partition coefficient (Wildman–Crippen LogP) is 2.93. The van der Waals surface area contributed by atoms with Crippen molar-refractivity contribution in [3.8, 4) is 17.1 Å². The number of aromatic nitrogens is 3. The van der Waals surface area contributed by atoms with Crippen LogP contribution in [0.4, 0.5) is 0 Å². The molecule has 0 saturated carbocycles. The summed E-state index contributed by atoms with van der Waals surface area (Å²) < 4.78 is 5.57. The number of ether oxygens (including phenoxy) is 1. The Morgan fingerprint density at radius 1 is 1.17 bits per heavy atom. The van der Waals surface area contributed by atoms with Gasteiger partial charge in [0.15, 0.2) is 11.8 Å². The molecule has 3 aromatic rings. The predicted molar refractivity (Wildman–Crippen MR) is 125 cm³/mol. The zero-order chi connectivity index (χ0) is 19.2. The standard InChI is InChI=1S/C21H24N6O.HI/c1-22-21(23-9-7-15-5-6-19-17(11-15)8-10-28-19)24-13-16-3-2-4-18(12-16)20-25-14-26-27-20;/h2-6,11-12,14H,7-10,13H2,1H3,(H2,22,23,24)(H,25,26,27);1H. The molecule has 0 spiro atoms. The molecule has 0 amide bonds. The minimum atomic E-state index is 0. The molecule has 3 N–H and O–H groups in total. The highest BCUT2D eigenvalue weighted by molar-refractivity contribution is 14.0. The number of nitrogens with zero attached hydrogens (tertiary/aromatic N) is 3. The summed E-state index contributed by atoms with van der Waals surface area (Å²) in [5.41, 5.74) is 4.79. The Bertz CT molecular complexity index is 958. The molecule has 152 valence electrons. The van der Waals surface area contributed by atoms with Gasteiger partial charge in [-0.2, -0.15) is 5.10 Å². The molecule has 4 rings (SSSR count). The van der Waals surface area contributed by atoms with Crippen molar-refractivity contribution in [2.75, 3.05) is 20.2 Å². The zero-order valence-electron chi connectivity index (χ0n) is 16.3. The largest absolute Gasteiger partial charge is 0.493 e. The van der Waals surface area contributed by atoms with Crippen LogP contribution in [0.2, 0.25) is 0 Å². The van der Waals surface area contributed by atoms with Crippen LogP contribution in [0.1, 0.15) is 16.7 Å². The molecule has 8 heteroatoms. The van der Waals surface area contributed by atoms with Crippen LogP contribution in [-0.4, -0.2) is 41.3 Å². The average molecular weight is 504 g/mol. The lowest BCUT2D eigenvalue weighted by Crippen LogP contribution is -2.37. The molecule has 2 heterocycles. The smallest absolute Gasteiger partial charge is 0.191 e. The van der Waals surface area contributed by atoms with Crippen LogP contribution in [0.3, 0.4) is 0 Å². The fourth-order valence-electron chi connectivity index (χ4n) is 3.30. The van der Waals surface area contributed by atoms with Gasteiger partial charge in [-0.1, -0.05) is 30.3 Å². The molecule has 0 fully saturated rings. The lowest BCUT2D eigenvalue weighted by Gasteiger charge is -2.12. The fourth-order valence-corrected chi connectivity index (χ4v) is 3.30.